The van der Waals surface area contributed by atoms with Crippen LogP contribution in [0.25, 0.3) is 0 Å². The first-order valence-corrected chi connectivity index (χ1v) is 6.05. The molecule has 15 heavy (non-hydrogen) atoms. The number of hydrogen-bond acceptors (Lipinski definition) is 2. The van der Waals surface area contributed by atoms with Crippen LogP contribution in [0.5, 0.6) is 0 Å². The highest BCUT2D eigenvalue weighted by molar-refractivity contribution is 5.76. The average molecular weight is 213 g/mol. The van der Waals surface area contributed by atoms with Crippen molar-refractivity contribution in [3.63, 3.8) is 0 Å². The molecule has 1 aliphatic heterocycles. The number of carbonyl (C=O) groups excluding carboxylic acids is 1. The second kappa shape index (κ2) is 6.11. The Morgan fingerprint density at radius 1 is 1.53 bits per heavy atom. The molecule has 1 rings (SSSR count). The van der Waals surface area contributed by atoms with E-state index in [-0.39, 0.29) is 6.10 Å². The van der Waals surface area contributed by atoms with Gasteiger partial charge in [-0.05, 0) is 38.5 Å². The van der Waals surface area contributed by atoms with Crippen LogP contribution in [-0.2, 0) is 4.79 Å². The molecule has 1 aliphatic rings. The molecule has 0 bridgehead atoms. The summed E-state index contributed by atoms with van der Waals surface area (Å²) in [7, 11) is 0. The third kappa shape index (κ3) is 4.65. The van der Waals surface area contributed by atoms with E-state index < -0.39 is 0 Å². The Kier molecular flexibility index (Phi) is 5.09. The van der Waals surface area contributed by atoms with Crippen molar-refractivity contribution >= 4 is 5.91 Å². The second-order valence-electron chi connectivity index (χ2n) is 4.80. The topological polar surface area (TPSA) is 40.5 Å². The molecule has 0 aromatic rings. The maximum absolute atomic E-state index is 11.7. The van der Waals surface area contributed by atoms with E-state index in [0.717, 1.165) is 38.8 Å². The zero-order chi connectivity index (χ0) is 11.3. The van der Waals surface area contributed by atoms with Crippen molar-refractivity contribution in [2.45, 2.75) is 52.1 Å². The van der Waals surface area contributed by atoms with Gasteiger partial charge in [0.05, 0.1) is 6.10 Å². The van der Waals surface area contributed by atoms with Crippen LogP contribution in [-0.4, -0.2) is 35.1 Å². The summed E-state index contributed by atoms with van der Waals surface area (Å²) in [4.78, 5) is 13.7. The molecule has 0 aromatic carbocycles. The van der Waals surface area contributed by atoms with E-state index in [0.29, 0.717) is 18.2 Å². The molecule has 1 fully saturated rings. The van der Waals surface area contributed by atoms with Crippen LogP contribution in [0.3, 0.4) is 0 Å². The fourth-order valence-electron chi connectivity index (χ4n) is 1.99. The highest BCUT2D eigenvalue weighted by Gasteiger charge is 2.19. The van der Waals surface area contributed by atoms with Gasteiger partial charge in [0.15, 0.2) is 0 Å². The van der Waals surface area contributed by atoms with Gasteiger partial charge in [-0.25, -0.2) is 0 Å². The van der Waals surface area contributed by atoms with Gasteiger partial charge in [0, 0.05) is 19.5 Å². The van der Waals surface area contributed by atoms with Crippen molar-refractivity contribution in [1.82, 2.24) is 4.90 Å². The lowest BCUT2D eigenvalue weighted by molar-refractivity contribution is -0.130. The fourth-order valence-corrected chi connectivity index (χ4v) is 1.99. The minimum Gasteiger partial charge on any atom is -0.393 e. The molecule has 3 nitrogen and oxygen atoms in total. The van der Waals surface area contributed by atoms with Gasteiger partial charge >= 0.3 is 0 Å². The Morgan fingerprint density at radius 3 is 2.93 bits per heavy atom. The molecule has 2 atom stereocenters. The third-order valence-electron chi connectivity index (χ3n) is 3.15. The third-order valence-corrected chi connectivity index (χ3v) is 3.15. The molecule has 0 aliphatic carbocycles. The molecule has 3 heteroatoms. The van der Waals surface area contributed by atoms with Gasteiger partial charge < -0.3 is 10.0 Å². The SMILES string of the molecule is CC(O)CCCN1CCC(C)CCC1=O. The van der Waals surface area contributed by atoms with E-state index in [1.165, 1.54) is 0 Å². The molecule has 0 spiro atoms. The van der Waals surface area contributed by atoms with E-state index in [1.807, 2.05) is 4.90 Å². The lowest BCUT2D eigenvalue weighted by Crippen LogP contribution is -2.31. The normalized spacial score (nSPS) is 25.1. The Balaban J connectivity index is 2.29. The average Bonchev–Trinajstić information content (AvgIpc) is 2.32. The Bertz CT molecular complexity index is 204. The van der Waals surface area contributed by atoms with Crippen LogP contribution in [0.1, 0.15) is 46.0 Å². The fraction of sp³-hybridized carbons (Fsp3) is 0.917. The van der Waals surface area contributed by atoms with E-state index in [4.69, 9.17) is 5.11 Å². The molecule has 2 unspecified atom stereocenters. The van der Waals surface area contributed by atoms with Gasteiger partial charge in [-0.2, -0.15) is 0 Å². The monoisotopic (exact) mass is 213 g/mol. The number of carbonyl (C=O) groups is 1. The summed E-state index contributed by atoms with van der Waals surface area (Å²) >= 11 is 0. The number of aliphatic hydroxyl groups excluding tert-OH is 1. The maximum Gasteiger partial charge on any atom is 0.222 e. The lowest BCUT2D eigenvalue weighted by Gasteiger charge is -2.20. The standard InChI is InChI=1S/C12H23NO2/c1-10-5-6-12(15)13(9-7-10)8-3-4-11(2)14/h10-11,14H,3-9H2,1-2H3. The van der Waals surface area contributed by atoms with Crippen molar-refractivity contribution in [2.75, 3.05) is 13.1 Å². The number of hydrogen-bond donors (Lipinski definition) is 1. The Morgan fingerprint density at radius 2 is 2.27 bits per heavy atom. The van der Waals surface area contributed by atoms with E-state index >= 15 is 0 Å². The van der Waals surface area contributed by atoms with Crippen molar-refractivity contribution < 1.29 is 9.90 Å². The molecule has 1 N–H and O–H groups in total. The van der Waals surface area contributed by atoms with Gasteiger partial charge in [-0.15, -0.1) is 0 Å². The van der Waals surface area contributed by atoms with Crippen LogP contribution in [0, 0.1) is 5.92 Å². The van der Waals surface area contributed by atoms with Gasteiger partial charge in [0.1, 0.15) is 0 Å². The van der Waals surface area contributed by atoms with Crippen molar-refractivity contribution in [2.24, 2.45) is 5.92 Å². The summed E-state index contributed by atoms with van der Waals surface area (Å²) in [6, 6.07) is 0. The highest BCUT2D eigenvalue weighted by atomic mass is 16.3. The maximum atomic E-state index is 11.7. The largest absolute Gasteiger partial charge is 0.393 e. The highest BCUT2D eigenvalue weighted by Crippen LogP contribution is 2.17. The van der Waals surface area contributed by atoms with Crippen molar-refractivity contribution in [1.29, 1.82) is 0 Å². The van der Waals surface area contributed by atoms with Crippen LogP contribution >= 0.6 is 0 Å². The lowest BCUT2D eigenvalue weighted by atomic mass is 10.0. The minimum absolute atomic E-state index is 0.244. The van der Waals surface area contributed by atoms with Crippen molar-refractivity contribution in [3.05, 3.63) is 0 Å². The Labute approximate surface area is 92.5 Å². The summed E-state index contributed by atoms with van der Waals surface area (Å²) in [5.74, 6) is 0.973. The molecule has 88 valence electrons. The predicted molar refractivity (Wildman–Crippen MR) is 60.5 cm³/mol. The molecule has 0 radical (unpaired) electrons. The summed E-state index contributed by atoms with van der Waals surface area (Å²) in [5.41, 5.74) is 0. The summed E-state index contributed by atoms with van der Waals surface area (Å²) in [6.07, 6.45) is 4.32. The van der Waals surface area contributed by atoms with Crippen LogP contribution < -0.4 is 0 Å². The van der Waals surface area contributed by atoms with Gasteiger partial charge in [0.25, 0.3) is 0 Å². The van der Waals surface area contributed by atoms with Crippen LogP contribution in [0.15, 0.2) is 0 Å². The zero-order valence-corrected chi connectivity index (χ0v) is 9.91. The number of aliphatic hydroxyl groups is 1. The number of likely N-dealkylation sites (tertiary alicyclic amines) is 1. The summed E-state index contributed by atoms with van der Waals surface area (Å²) < 4.78 is 0. The number of amides is 1. The molecular formula is C12H23NO2. The molecular weight excluding hydrogens is 190 g/mol. The molecule has 1 amide bonds. The zero-order valence-electron chi connectivity index (χ0n) is 9.91. The van der Waals surface area contributed by atoms with E-state index in [2.05, 4.69) is 6.92 Å². The number of nitrogens with zero attached hydrogens (tertiary/aromatic N) is 1. The second-order valence-corrected chi connectivity index (χ2v) is 4.80. The predicted octanol–water partition coefficient (Wildman–Crippen LogP) is 1.80. The first-order chi connectivity index (χ1) is 7.09. The van der Waals surface area contributed by atoms with Crippen molar-refractivity contribution in [3.8, 4) is 0 Å². The minimum atomic E-state index is -0.244. The molecule has 0 aromatic heterocycles. The smallest absolute Gasteiger partial charge is 0.222 e. The first kappa shape index (κ1) is 12.5. The van der Waals surface area contributed by atoms with E-state index in [1.54, 1.807) is 6.92 Å². The van der Waals surface area contributed by atoms with Gasteiger partial charge in [-0.1, -0.05) is 6.92 Å². The van der Waals surface area contributed by atoms with Crippen LogP contribution in [0.2, 0.25) is 0 Å². The van der Waals surface area contributed by atoms with Crippen LogP contribution in [0.4, 0.5) is 0 Å². The number of rotatable bonds is 4. The molecule has 1 heterocycles. The Hall–Kier alpha value is -0.570. The van der Waals surface area contributed by atoms with Gasteiger partial charge in [-0.3, -0.25) is 4.79 Å². The summed E-state index contributed by atoms with van der Waals surface area (Å²) in [5, 5.41) is 9.14. The molecule has 0 saturated carbocycles. The molecule has 1 saturated heterocycles. The first-order valence-electron chi connectivity index (χ1n) is 6.05. The van der Waals surface area contributed by atoms with Gasteiger partial charge in [0.2, 0.25) is 5.91 Å². The van der Waals surface area contributed by atoms with E-state index in [9.17, 15) is 4.79 Å². The quantitative estimate of drug-likeness (QED) is 0.773. The summed E-state index contributed by atoms with van der Waals surface area (Å²) in [6.45, 7) is 5.73.